The van der Waals surface area contributed by atoms with Gasteiger partial charge in [-0.1, -0.05) is 11.8 Å². The number of aromatic nitrogens is 1. The smallest absolute Gasteiger partial charge is 0.337 e. The maximum absolute atomic E-state index is 12.3. The summed E-state index contributed by atoms with van der Waals surface area (Å²) in [7, 11) is 2.89. The molecule has 0 aliphatic rings. The van der Waals surface area contributed by atoms with Gasteiger partial charge in [-0.2, -0.15) is 0 Å². The fourth-order valence-electron chi connectivity index (χ4n) is 2.61. The predicted molar refractivity (Wildman–Crippen MR) is 125 cm³/mol. The molecule has 0 unspecified atom stereocenters. The maximum Gasteiger partial charge on any atom is 0.337 e. The Labute approximate surface area is 193 Å². The molecule has 10 heteroatoms. The van der Waals surface area contributed by atoms with Crippen LogP contribution >= 0.6 is 23.1 Å². The van der Waals surface area contributed by atoms with Gasteiger partial charge in [0.05, 0.1) is 37.7 Å². The molecule has 3 aromatic rings. The first-order valence-electron chi connectivity index (χ1n) is 9.46. The van der Waals surface area contributed by atoms with Crippen molar-refractivity contribution in [2.75, 3.05) is 30.6 Å². The molecule has 0 bridgehead atoms. The number of nitrogens with zero attached hydrogens (tertiary/aromatic N) is 1. The first-order valence-corrected chi connectivity index (χ1v) is 11.3. The van der Waals surface area contributed by atoms with Gasteiger partial charge in [-0.15, -0.1) is 11.3 Å². The lowest BCUT2D eigenvalue weighted by Crippen LogP contribution is -2.15. The lowest BCUT2D eigenvalue weighted by atomic mass is 10.2. The van der Waals surface area contributed by atoms with Crippen molar-refractivity contribution in [3.8, 4) is 5.75 Å². The molecule has 0 atom stereocenters. The first-order chi connectivity index (χ1) is 15.5. The standard InChI is InChI=1S/C22H21N3O5S2/c1-29-18-9-7-16(8-10-18)24-20(27)13-32-22-25-17(12-31-22)11-19(26)23-15-5-3-14(4-6-15)21(28)30-2/h3-10,12H,11,13H2,1-2H3,(H,23,26)(H,24,27). The third kappa shape index (κ3) is 6.82. The summed E-state index contributed by atoms with van der Waals surface area (Å²) in [6.45, 7) is 0. The highest BCUT2D eigenvalue weighted by Gasteiger charge is 2.11. The summed E-state index contributed by atoms with van der Waals surface area (Å²) in [5.74, 6) is 0.112. The summed E-state index contributed by atoms with van der Waals surface area (Å²) in [6, 6.07) is 13.5. The summed E-state index contributed by atoms with van der Waals surface area (Å²) < 4.78 is 10.4. The number of esters is 1. The van der Waals surface area contributed by atoms with Crippen molar-refractivity contribution in [1.82, 2.24) is 4.98 Å². The number of thioether (sulfide) groups is 1. The number of amides is 2. The number of methoxy groups -OCH3 is 2. The van der Waals surface area contributed by atoms with Crippen LogP contribution in [0.4, 0.5) is 11.4 Å². The Morgan fingerprint density at radius 1 is 0.938 bits per heavy atom. The Morgan fingerprint density at radius 2 is 1.56 bits per heavy atom. The van der Waals surface area contributed by atoms with E-state index in [2.05, 4.69) is 20.4 Å². The second-order valence-electron chi connectivity index (χ2n) is 6.46. The van der Waals surface area contributed by atoms with Crippen molar-refractivity contribution in [3.63, 3.8) is 0 Å². The largest absolute Gasteiger partial charge is 0.497 e. The van der Waals surface area contributed by atoms with Crippen molar-refractivity contribution >= 4 is 52.3 Å². The van der Waals surface area contributed by atoms with Crippen LogP contribution in [-0.2, 0) is 20.7 Å². The van der Waals surface area contributed by atoms with Crippen molar-refractivity contribution in [1.29, 1.82) is 0 Å². The first kappa shape index (κ1) is 23.3. The van der Waals surface area contributed by atoms with E-state index in [1.807, 2.05) is 0 Å². The molecular weight excluding hydrogens is 450 g/mol. The molecule has 0 saturated carbocycles. The Kier molecular flexibility index (Phi) is 8.23. The summed E-state index contributed by atoms with van der Waals surface area (Å²) >= 11 is 2.69. The van der Waals surface area contributed by atoms with Gasteiger partial charge in [0.1, 0.15) is 5.75 Å². The highest BCUT2D eigenvalue weighted by molar-refractivity contribution is 8.01. The van der Waals surface area contributed by atoms with Crippen LogP contribution in [0.15, 0.2) is 58.3 Å². The Balaban J connectivity index is 1.45. The highest BCUT2D eigenvalue weighted by atomic mass is 32.2. The Bertz CT molecular complexity index is 1080. The number of nitrogens with one attached hydrogen (secondary N) is 2. The van der Waals surface area contributed by atoms with E-state index in [9.17, 15) is 14.4 Å². The molecule has 8 nitrogen and oxygen atoms in total. The third-order valence-electron chi connectivity index (χ3n) is 4.16. The summed E-state index contributed by atoms with van der Waals surface area (Å²) in [6.07, 6.45) is 0.105. The predicted octanol–water partition coefficient (Wildman–Crippen LogP) is 3.85. The number of thiazole rings is 1. The van der Waals surface area contributed by atoms with Gasteiger partial charge in [0.15, 0.2) is 4.34 Å². The quantitative estimate of drug-likeness (QED) is 0.361. The van der Waals surface area contributed by atoms with Crippen LogP contribution in [0, 0.1) is 0 Å². The average molecular weight is 472 g/mol. The molecule has 2 aromatic carbocycles. The molecule has 2 N–H and O–H groups in total. The molecule has 1 heterocycles. The molecule has 2 amide bonds. The third-order valence-corrected chi connectivity index (χ3v) is 6.23. The average Bonchev–Trinajstić information content (AvgIpc) is 3.25. The van der Waals surface area contributed by atoms with Gasteiger partial charge >= 0.3 is 5.97 Å². The van der Waals surface area contributed by atoms with E-state index in [0.717, 1.165) is 5.75 Å². The number of ether oxygens (including phenoxy) is 2. The number of rotatable bonds is 9. The zero-order valence-corrected chi connectivity index (χ0v) is 19.0. The van der Waals surface area contributed by atoms with Crippen molar-refractivity contribution in [2.45, 2.75) is 10.8 Å². The number of carbonyl (C=O) groups excluding carboxylic acids is 3. The van der Waals surface area contributed by atoms with E-state index in [4.69, 9.17) is 4.74 Å². The minimum Gasteiger partial charge on any atom is -0.497 e. The lowest BCUT2D eigenvalue weighted by molar-refractivity contribution is -0.116. The second kappa shape index (κ2) is 11.3. The molecule has 32 heavy (non-hydrogen) atoms. The van der Waals surface area contributed by atoms with Gasteiger partial charge < -0.3 is 20.1 Å². The van der Waals surface area contributed by atoms with Gasteiger partial charge in [0.25, 0.3) is 0 Å². The number of hydrogen-bond donors (Lipinski definition) is 2. The normalized spacial score (nSPS) is 10.3. The summed E-state index contributed by atoms with van der Waals surface area (Å²) in [4.78, 5) is 40.3. The van der Waals surface area contributed by atoms with Crippen LogP contribution in [0.1, 0.15) is 16.1 Å². The van der Waals surface area contributed by atoms with E-state index in [0.29, 0.717) is 27.0 Å². The zero-order valence-electron chi connectivity index (χ0n) is 17.4. The topological polar surface area (TPSA) is 107 Å². The van der Waals surface area contributed by atoms with Crippen LogP contribution in [0.2, 0.25) is 0 Å². The molecule has 0 radical (unpaired) electrons. The highest BCUT2D eigenvalue weighted by Crippen LogP contribution is 2.24. The molecule has 166 valence electrons. The molecule has 0 fully saturated rings. The zero-order chi connectivity index (χ0) is 22.9. The maximum atomic E-state index is 12.3. The van der Waals surface area contributed by atoms with E-state index < -0.39 is 5.97 Å². The van der Waals surface area contributed by atoms with Gasteiger partial charge in [0, 0.05) is 16.8 Å². The molecule has 0 aliphatic carbocycles. The number of benzene rings is 2. The van der Waals surface area contributed by atoms with Crippen molar-refractivity contribution in [2.24, 2.45) is 0 Å². The number of anilines is 2. The molecule has 0 aliphatic heterocycles. The molecular formula is C22H21N3O5S2. The summed E-state index contributed by atoms with van der Waals surface area (Å²) in [5, 5.41) is 7.37. The van der Waals surface area contributed by atoms with Gasteiger partial charge in [-0.25, -0.2) is 9.78 Å². The fourth-order valence-corrected chi connectivity index (χ4v) is 4.26. The Morgan fingerprint density at radius 3 is 2.19 bits per heavy atom. The van der Waals surface area contributed by atoms with Crippen LogP contribution < -0.4 is 15.4 Å². The van der Waals surface area contributed by atoms with Crippen LogP contribution in [0.3, 0.4) is 0 Å². The van der Waals surface area contributed by atoms with Gasteiger partial charge in [-0.05, 0) is 48.5 Å². The van der Waals surface area contributed by atoms with Gasteiger partial charge in [0.2, 0.25) is 11.8 Å². The van der Waals surface area contributed by atoms with Crippen LogP contribution in [0.5, 0.6) is 5.75 Å². The van der Waals surface area contributed by atoms with Crippen LogP contribution in [0.25, 0.3) is 0 Å². The Hall–Kier alpha value is -3.37. The monoisotopic (exact) mass is 471 g/mol. The number of hydrogen-bond acceptors (Lipinski definition) is 8. The lowest BCUT2D eigenvalue weighted by Gasteiger charge is -2.05. The minimum absolute atomic E-state index is 0.105. The molecule has 1 aromatic heterocycles. The molecule has 3 rings (SSSR count). The number of carbonyl (C=O) groups is 3. The van der Waals surface area contributed by atoms with E-state index in [1.165, 1.54) is 30.2 Å². The van der Waals surface area contributed by atoms with E-state index in [-0.39, 0.29) is 24.0 Å². The van der Waals surface area contributed by atoms with Gasteiger partial charge in [-0.3, -0.25) is 9.59 Å². The van der Waals surface area contributed by atoms with Crippen LogP contribution in [-0.4, -0.2) is 42.7 Å². The molecule has 0 spiro atoms. The van der Waals surface area contributed by atoms with Crippen molar-refractivity contribution < 1.29 is 23.9 Å². The van der Waals surface area contributed by atoms with E-state index >= 15 is 0 Å². The van der Waals surface area contributed by atoms with E-state index in [1.54, 1.807) is 61.0 Å². The summed E-state index contributed by atoms with van der Waals surface area (Å²) in [5.41, 5.74) is 2.29. The van der Waals surface area contributed by atoms with Crippen molar-refractivity contribution in [3.05, 3.63) is 65.2 Å². The molecule has 0 saturated heterocycles. The minimum atomic E-state index is -0.437. The second-order valence-corrected chi connectivity index (χ2v) is 8.54. The fraction of sp³-hybridized carbons (Fsp3) is 0.182. The SMILES string of the molecule is COC(=O)c1ccc(NC(=O)Cc2csc(SCC(=O)Nc3ccc(OC)cc3)n2)cc1.